The molecule has 2 rings (SSSR count). The maximum atomic E-state index is 3.76. The van der Waals surface area contributed by atoms with Gasteiger partial charge >= 0.3 is 0 Å². The molecule has 2 N–H and O–H groups in total. The van der Waals surface area contributed by atoms with E-state index in [-0.39, 0.29) is 0 Å². The van der Waals surface area contributed by atoms with Gasteiger partial charge in [-0.25, -0.2) is 0 Å². The van der Waals surface area contributed by atoms with E-state index in [1.54, 1.807) is 0 Å². The zero-order valence-corrected chi connectivity index (χ0v) is 11.9. The predicted octanol–water partition coefficient (Wildman–Crippen LogP) is 2.79. The molecule has 0 aromatic heterocycles. The van der Waals surface area contributed by atoms with Gasteiger partial charge in [0.2, 0.25) is 0 Å². The van der Waals surface area contributed by atoms with Gasteiger partial charge in [-0.05, 0) is 55.5 Å². The SMILES string of the molecule is CCCC1(CNCC2CC2(C)C)CCCNC1. The Kier molecular flexibility index (Phi) is 4.14. The molecule has 17 heavy (non-hydrogen) atoms. The van der Waals surface area contributed by atoms with Crippen molar-refractivity contribution in [3.63, 3.8) is 0 Å². The molecule has 1 aliphatic carbocycles. The van der Waals surface area contributed by atoms with Gasteiger partial charge in [-0.15, -0.1) is 0 Å². The molecule has 1 saturated heterocycles. The monoisotopic (exact) mass is 238 g/mol. The summed E-state index contributed by atoms with van der Waals surface area (Å²) in [5.74, 6) is 0.928. The number of piperidine rings is 1. The lowest BCUT2D eigenvalue weighted by Gasteiger charge is -2.38. The summed E-state index contributed by atoms with van der Waals surface area (Å²) < 4.78 is 0. The van der Waals surface area contributed by atoms with Crippen molar-refractivity contribution in [1.29, 1.82) is 0 Å². The number of hydrogen-bond acceptors (Lipinski definition) is 2. The molecule has 2 atom stereocenters. The second-order valence-electron chi connectivity index (χ2n) is 7.05. The van der Waals surface area contributed by atoms with E-state index in [0.29, 0.717) is 10.8 Å². The largest absolute Gasteiger partial charge is 0.316 e. The van der Waals surface area contributed by atoms with Gasteiger partial charge in [-0.1, -0.05) is 27.2 Å². The minimum atomic E-state index is 0.548. The predicted molar refractivity (Wildman–Crippen MR) is 74.2 cm³/mol. The highest BCUT2D eigenvalue weighted by Gasteiger charge is 2.45. The standard InChI is InChI=1S/C15H30N2/c1-4-6-15(7-5-8-16-11-15)12-17-10-13-9-14(13,2)3/h13,16-17H,4-12H2,1-3H3. The first-order chi connectivity index (χ1) is 8.08. The average molecular weight is 238 g/mol. The van der Waals surface area contributed by atoms with Crippen LogP contribution in [0.5, 0.6) is 0 Å². The Hall–Kier alpha value is -0.0800. The summed E-state index contributed by atoms with van der Waals surface area (Å²) in [5.41, 5.74) is 1.17. The van der Waals surface area contributed by atoms with Crippen molar-refractivity contribution >= 4 is 0 Å². The summed E-state index contributed by atoms with van der Waals surface area (Å²) in [6.07, 6.45) is 6.88. The first-order valence-electron chi connectivity index (χ1n) is 7.49. The maximum absolute atomic E-state index is 3.76. The first kappa shape index (κ1) is 13.4. The third-order valence-electron chi connectivity index (χ3n) is 4.95. The Labute approximate surface area is 107 Å². The Morgan fingerprint density at radius 1 is 1.35 bits per heavy atom. The zero-order valence-electron chi connectivity index (χ0n) is 11.9. The number of rotatable bonds is 6. The summed E-state index contributed by atoms with van der Waals surface area (Å²) >= 11 is 0. The van der Waals surface area contributed by atoms with Crippen LogP contribution in [0.25, 0.3) is 0 Å². The first-order valence-corrected chi connectivity index (χ1v) is 7.49. The van der Waals surface area contributed by atoms with Gasteiger partial charge in [-0.3, -0.25) is 0 Å². The summed E-state index contributed by atoms with van der Waals surface area (Å²) in [6, 6.07) is 0. The maximum Gasteiger partial charge on any atom is 0.00201 e. The normalized spacial score (nSPS) is 35.8. The van der Waals surface area contributed by atoms with E-state index in [4.69, 9.17) is 0 Å². The van der Waals surface area contributed by atoms with Crippen molar-refractivity contribution in [3.8, 4) is 0 Å². The fourth-order valence-corrected chi connectivity index (χ4v) is 3.45. The van der Waals surface area contributed by atoms with E-state index < -0.39 is 0 Å². The minimum absolute atomic E-state index is 0.548. The van der Waals surface area contributed by atoms with Crippen molar-refractivity contribution in [3.05, 3.63) is 0 Å². The highest BCUT2D eigenvalue weighted by atomic mass is 15.0. The van der Waals surface area contributed by atoms with Crippen LogP contribution in [0.1, 0.15) is 52.9 Å². The summed E-state index contributed by atoms with van der Waals surface area (Å²) in [6.45, 7) is 12.0. The third kappa shape index (κ3) is 3.45. The molecule has 0 spiro atoms. The van der Waals surface area contributed by atoms with Crippen LogP contribution in [0, 0.1) is 16.7 Å². The summed E-state index contributed by atoms with van der Waals surface area (Å²) in [7, 11) is 0. The van der Waals surface area contributed by atoms with Crippen LogP contribution in [-0.2, 0) is 0 Å². The zero-order chi connectivity index (χ0) is 12.4. The average Bonchev–Trinajstić information content (AvgIpc) is 2.88. The molecule has 2 fully saturated rings. The van der Waals surface area contributed by atoms with Crippen molar-refractivity contribution < 1.29 is 0 Å². The van der Waals surface area contributed by atoms with Crippen LogP contribution >= 0.6 is 0 Å². The van der Waals surface area contributed by atoms with E-state index in [1.165, 1.54) is 58.3 Å². The van der Waals surface area contributed by atoms with Gasteiger partial charge in [0, 0.05) is 13.1 Å². The highest BCUT2D eigenvalue weighted by molar-refractivity contribution is 4.97. The quantitative estimate of drug-likeness (QED) is 0.743. The summed E-state index contributed by atoms with van der Waals surface area (Å²) in [4.78, 5) is 0. The van der Waals surface area contributed by atoms with E-state index in [2.05, 4.69) is 31.4 Å². The Balaban J connectivity index is 1.73. The molecule has 2 nitrogen and oxygen atoms in total. The molecule has 1 heterocycles. The minimum Gasteiger partial charge on any atom is -0.316 e. The van der Waals surface area contributed by atoms with E-state index in [9.17, 15) is 0 Å². The van der Waals surface area contributed by atoms with Crippen LogP contribution in [0.15, 0.2) is 0 Å². The van der Waals surface area contributed by atoms with Crippen LogP contribution in [0.4, 0.5) is 0 Å². The molecule has 0 aromatic rings. The molecule has 100 valence electrons. The van der Waals surface area contributed by atoms with Crippen molar-refractivity contribution in [2.75, 3.05) is 26.2 Å². The van der Waals surface area contributed by atoms with E-state index >= 15 is 0 Å². The lowest BCUT2D eigenvalue weighted by Crippen LogP contribution is -2.46. The van der Waals surface area contributed by atoms with Gasteiger partial charge in [0.05, 0.1) is 0 Å². The molecule has 0 radical (unpaired) electrons. The molecule has 2 unspecified atom stereocenters. The van der Waals surface area contributed by atoms with Crippen LogP contribution in [-0.4, -0.2) is 26.2 Å². The van der Waals surface area contributed by atoms with Crippen LogP contribution in [0.2, 0.25) is 0 Å². The number of hydrogen-bond donors (Lipinski definition) is 2. The van der Waals surface area contributed by atoms with E-state index in [0.717, 1.165) is 5.92 Å². The lowest BCUT2D eigenvalue weighted by atomic mass is 9.77. The van der Waals surface area contributed by atoms with Gasteiger partial charge < -0.3 is 10.6 Å². The molecular formula is C15H30N2. The molecule has 2 aliphatic rings. The Morgan fingerprint density at radius 3 is 2.65 bits per heavy atom. The van der Waals surface area contributed by atoms with Crippen LogP contribution in [0.3, 0.4) is 0 Å². The molecular weight excluding hydrogens is 208 g/mol. The van der Waals surface area contributed by atoms with Crippen molar-refractivity contribution in [1.82, 2.24) is 10.6 Å². The number of nitrogens with one attached hydrogen (secondary N) is 2. The van der Waals surface area contributed by atoms with Crippen LogP contribution < -0.4 is 10.6 Å². The Bertz CT molecular complexity index is 236. The van der Waals surface area contributed by atoms with Gasteiger partial charge in [0.25, 0.3) is 0 Å². The highest BCUT2D eigenvalue weighted by Crippen LogP contribution is 2.51. The van der Waals surface area contributed by atoms with E-state index in [1.807, 2.05) is 0 Å². The molecule has 0 amide bonds. The van der Waals surface area contributed by atoms with Crippen molar-refractivity contribution in [2.24, 2.45) is 16.7 Å². The third-order valence-corrected chi connectivity index (χ3v) is 4.95. The smallest absolute Gasteiger partial charge is 0.00201 e. The summed E-state index contributed by atoms with van der Waals surface area (Å²) in [5, 5.41) is 7.35. The lowest BCUT2D eigenvalue weighted by molar-refractivity contribution is 0.182. The second kappa shape index (κ2) is 5.27. The molecule has 1 aliphatic heterocycles. The van der Waals surface area contributed by atoms with Crippen molar-refractivity contribution in [2.45, 2.75) is 52.9 Å². The molecule has 0 bridgehead atoms. The van der Waals surface area contributed by atoms with Gasteiger partial charge in [0.1, 0.15) is 0 Å². The second-order valence-corrected chi connectivity index (χ2v) is 7.05. The Morgan fingerprint density at radius 2 is 2.12 bits per heavy atom. The molecule has 0 aromatic carbocycles. The molecule has 1 saturated carbocycles. The van der Waals surface area contributed by atoms with Gasteiger partial charge in [-0.2, -0.15) is 0 Å². The topological polar surface area (TPSA) is 24.1 Å². The van der Waals surface area contributed by atoms with Gasteiger partial charge in [0.15, 0.2) is 0 Å². The fraction of sp³-hybridized carbons (Fsp3) is 1.00. The fourth-order valence-electron chi connectivity index (χ4n) is 3.45. The molecule has 2 heteroatoms.